The molecule has 3 aromatic rings. The Hall–Kier alpha value is -1.91. The van der Waals surface area contributed by atoms with Crippen LogP contribution >= 0.6 is 11.3 Å². The van der Waals surface area contributed by atoms with Gasteiger partial charge in [0.25, 0.3) is 5.91 Å². The topological polar surface area (TPSA) is 32.3 Å². The zero-order valence-corrected chi connectivity index (χ0v) is 14.3. The molecule has 4 heteroatoms. The third kappa shape index (κ3) is 2.33. The maximum absolute atomic E-state index is 12.8. The first-order valence-corrected chi connectivity index (χ1v) is 9.54. The maximum Gasteiger partial charge on any atom is 0.261 e. The first-order chi connectivity index (χ1) is 11.8. The second kappa shape index (κ2) is 5.57. The van der Waals surface area contributed by atoms with E-state index in [0.717, 1.165) is 11.4 Å². The third-order valence-corrected chi connectivity index (χ3v) is 6.72. The summed E-state index contributed by atoms with van der Waals surface area (Å²) in [6, 6.07) is 15.0. The molecular formula is C20H20N2OS. The van der Waals surface area contributed by atoms with Gasteiger partial charge in [0.05, 0.1) is 4.88 Å². The predicted octanol–water partition coefficient (Wildman–Crippen LogP) is 3.88. The summed E-state index contributed by atoms with van der Waals surface area (Å²) in [6.45, 7) is 3.42. The molecule has 0 unspecified atom stereocenters. The summed E-state index contributed by atoms with van der Waals surface area (Å²) in [6.07, 6.45) is 2.45. The summed E-state index contributed by atoms with van der Waals surface area (Å²) in [5.41, 5.74) is 0. The zero-order chi connectivity index (χ0) is 16.1. The van der Waals surface area contributed by atoms with Crippen LogP contribution in [0.2, 0.25) is 0 Å². The number of carbonyl (C=O) groups excluding carboxylic acids is 1. The standard InChI is InChI=1S/C20H20N2OS/c23-20(21-17-12-22-9-7-14(17)8-10-22)19-11-16-15-4-2-1-3-13(15)5-6-18(16)24-19/h1-6,11,14,17H,7-10,12H2,(H,21,23)/t17-/m0/s1. The van der Waals surface area contributed by atoms with E-state index in [4.69, 9.17) is 0 Å². The molecule has 3 aliphatic rings. The van der Waals surface area contributed by atoms with Crippen molar-refractivity contribution in [2.24, 2.45) is 5.92 Å². The highest BCUT2D eigenvalue weighted by Crippen LogP contribution is 2.33. The molecule has 4 heterocycles. The smallest absolute Gasteiger partial charge is 0.261 e. The molecule has 0 saturated carbocycles. The van der Waals surface area contributed by atoms with E-state index in [0.29, 0.717) is 12.0 Å². The molecule has 3 aliphatic heterocycles. The van der Waals surface area contributed by atoms with Crippen LogP contribution in [-0.4, -0.2) is 36.5 Å². The number of piperidine rings is 3. The van der Waals surface area contributed by atoms with Crippen LogP contribution in [-0.2, 0) is 0 Å². The second-order valence-electron chi connectivity index (χ2n) is 7.03. The van der Waals surface area contributed by atoms with E-state index in [-0.39, 0.29) is 5.91 Å². The fourth-order valence-electron chi connectivity index (χ4n) is 4.27. The van der Waals surface area contributed by atoms with E-state index in [1.165, 1.54) is 46.8 Å². The first kappa shape index (κ1) is 14.4. The Labute approximate surface area is 145 Å². The van der Waals surface area contributed by atoms with Crippen LogP contribution in [0, 0.1) is 5.92 Å². The highest BCUT2D eigenvalue weighted by atomic mass is 32.1. The Morgan fingerprint density at radius 1 is 1.08 bits per heavy atom. The second-order valence-corrected chi connectivity index (χ2v) is 8.11. The van der Waals surface area contributed by atoms with E-state index in [2.05, 4.69) is 52.7 Å². The van der Waals surface area contributed by atoms with E-state index in [1.54, 1.807) is 11.3 Å². The minimum absolute atomic E-state index is 0.0963. The quantitative estimate of drug-likeness (QED) is 0.770. The number of fused-ring (bicyclic) bond motifs is 6. The van der Waals surface area contributed by atoms with E-state index in [9.17, 15) is 4.79 Å². The lowest BCUT2D eigenvalue weighted by Crippen LogP contribution is -2.57. The molecule has 2 aromatic carbocycles. The van der Waals surface area contributed by atoms with Crippen LogP contribution in [0.4, 0.5) is 0 Å². The van der Waals surface area contributed by atoms with Gasteiger partial charge in [0.1, 0.15) is 0 Å². The van der Waals surface area contributed by atoms with Crippen molar-refractivity contribution < 1.29 is 4.79 Å². The highest BCUT2D eigenvalue weighted by molar-refractivity contribution is 7.21. The summed E-state index contributed by atoms with van der Waals surface area (Å²) in [7, 11) is 0. The number of nitrogens with zero attached hydrogens (tertiary/aromatic N) is 1. The molecule has 3 saturated heterocycles. The Kier molecular flexibility index (Phi) is 3.35. The van der Waals surface area contributed by atoms with Gasteiger partial charge in [-0.25, -0.2) is 0 Å². The number of amides is 1. The number of thiophene rings is 1. The molecular weight excluding hydrogens is 316 g/mol. The molecule has 24 heavy (non-hydrogen) atoms. The number of hydrogen-bond acceptors (Lipinski definition) is 3. The summed E-state index contributed by atoms with van der Waals surface area (Å²) in [5.74, 6) is 0.758. The minimum Gasteiger partial charge on any atom is -0.347 e. The molecule has 3 fully saturated rings. The molecule has 1 aromatic heterocycles. The highest BCUT2D eigenvalue weighted by Gasteiger charge is 2.35. The molecule has 3 nitrogen and oxygen atoms in total. The lowest BCUT2D eigenvalue weighted by molar-refractivity contribution is 0.0622. The number of hydrogen-bond donors (Lipinski definition) is 1. The van der Waals surface area contributed by atoms with Crippen molar-refractivity contribution in [1.82, 2.24) is 10.2 Å². The van der Waals surface area contributed by atoms with E-state index < -0.39 is 0 Å². The molecule has 0 radical (unpaired) electrons. The third-order valence-electron chi connectivity index (χ3n) is 5.62. The van der Waals surface area contributed by atoms with Gasteiger partial charge in [-0.1, -0.05) is 30.3 Å². The van der Waals surface area contributed by atoms with Crippen molar-refractivity contribution in [2.45, 2.75) is 18.9 Å². The molecule has 2 bridgehead atoms. The summed E-state index contributed by atoms with van der Waals surface area (Å²) < 4.78 is 1.19. The molecule has 0 aliphatic carbocycles. The van der Waals surface area contributed by atoms with Crippen molar-refractivity contribution in [1.29, 1.82) is 0 Å². The van der Waals surface area contributed by atoms with Crippen molar-refractivity contribution in [3.05, 3.63) is 47.3 Å². The summed E-state index contributed by atoms with van der Waals surface area (Å²) in [4.78, 5) is 16.1. The fraction of sp³-hybridized carbons (Fsp3) is 0.350. The largest absolute Gasteiger partial charge is 0.347 e. The van der Waals surface area contributed by atoms with Crippen LogP contribution in [0.1, 0.15) is 22.5 Å². The van der Waals surface area contributed by atoms with Crippen molar-refractivity contribution >= 4 is 38.1 Å². The van der Waals surface area contributed by atoms with E-state index in [1.807, 2.05) is 0 Å². The Morgan fingerprint density at radius 2 is 1.92 bits per heavy atom. The van der Waals surface area contributed by atoms with Gasteiger partial charge in [-0.15, -0.1) is 11.3 Å². The van der Waals surface area contributed by atoms with Crippen molar-refractivity contribution in [3.63, 3.8) is 0 Å². The Bertz CT molecular complexity index is 924. The number of carbonyl (C=O) groups is 1. The van der Waals surface area contributed by atoms with Gasteiger partial charge in [0, 0.05) is 22.7 Å². The van der Waals surface area contributed by atoms with Crippen LogP contribution in [0.5, 0.6) is 0 Å². The molecule has 6 rings (SSSR count). The zero-order valence-electron chi connectivity index (χ0n) is 13.5. The van der Waals surface area contributed by atoms with Gasteiger partial charge in [-0.2, -0.15) is 0 Å². The molecule has 0 spiro atoms. The molecule has 122 valence electrons. The monoisotopic (exact) mass is 336 g/mol. The van der Waals surface area contributed by atoms with Gasteiger partial charge in [-0.05, 0) is 54.8 Å². The maximum atomic E-state index is 12.8. The number of benzene rings is 2. The number of nitrogens with one attached hydrogen (secondary N) is 1. The molecule has 1 N–H and O–H groups in total. The summed E-state index contributed by atoms with van der Waals surface area (Å²) >= 11 is 1.60. The Morgan fingerprint density at radius 3 is 2.71 bits per heavy atom. The first-order valence-electron chi connectivity index (χ1n) is 8.72. The van der Waals surface area contributed by atoms with Gasteiger partial charge in [0.2, 0.25) is 0 Å². The number of rotatable bonds is 2. The summed E-state index contributed by atoms with van der Waals surface area (Å²) in [5, 5.41) is 6.96. The molecule has 1 atom stereocenters. The van der Waals surface area contributed by atoms with Gasteiger partial charge in [-0.3, -0.25) is 4.79 Å². The van der Waals surface area contributed by atoms with Crippen LogP contribution in [0.25, 0.3) is 20.9 Å². The van der Waals surface area contributed by atoms with Gasteiger partial charge in [0.15, 0.2) is 0 Å². The average molecular weight is 336 g/mol. The van der Waals surface area contributed by atoms with Crippen LogP contribution < -0.4 is 5.32 Å². The van der Waals surface area contributed by atoms with E-state index >= 15 is 0 Å². The normalized spacial score (nSPS) is 26.1. The lowest BCUT2D eigenvalue weighted by Gasteiger charge is -2.44. The van der Waals surface area contributed by atoms with Gasteiger partial charge < -0.3 is 10.2 Å². The average Bonchev–Trinajstić information content (AvgIpc) is 3.08. The Balaban J connectivity index is 1.46. The predicted molar refractivity (Wildman–Crippen MR) is 99.7 cm³/mol. The SMILES string of the molecule is O=C(N[C@H]1CN2CCC1CC2)c1cc2c(ccc3ccccc32)s1. The van der Waals surface area contributed by atoms with Crippen molar-refractivity contribution in [3.8, 4) is 0 Å². The van der Waals surface area contributed by atoms with Crippen LogP contribution in [0.3, 0.4) is 0 Å². The molecule has 1 amide bonds. The van der Waals surface area contributed by atoms with Crippen LogP contribution in [0.15, 0.2) is 42.5 Å². The van der Waals surface area contributed by atoms with Gasteiger partial charge >= 0.3 is 0 Å². The fourth-order valence-corrected chi connectivity index (χ4v) is 5.25. The van der Waals surface area contributed by atoms with Crippen molar-refractivity contribution in [2.75, 3.05) is 19.6 Å². The minimum atomic E-state index is 0.0963. The lowest BCUT2D eigenvalue weighted by atomic mass is 9.84.